The summed E-state index contributed by atoms with van der Waals surface area (Å²) in [5, 5.41) is 10.4. The zero-order valence-corrected chi connectivity index (χ0v) is 9.70. The van der Waals surface area contributed by atoms with Crippen molar-refractivity contribution < 1.29 is 27.9 Å². The van der Waals surface area contributed by atoms with E-state index in [9.17, 15) is 22.8 Å². The molecule has 1 fully saturated rings. The van der Waals surface area contributed by atoms with E-state index in [1.54, 1.807) is 0 Å². The first-order valence-corrected chi connectivity index (χ1v) is 6.44. The van der Waals surface area contributed by atoms with E-state index in [2.05, 4.69) is 0 Å². The van der Waals surface area contributed by atoms with Crippen molar-refractivity contribution in [3.05, 3.63) is 0 Å². The number of sulfonamides is 1. The van der Waals surface area contributed by atoms with Gasteiger partial charge in [0.25, 0.3) is 0 Å². The van der Waals surface area contributed by atoms with Gasteiger partial charge in [-0.3, -0.25) is 19.7 Å². The topological polar surface area (TPSA) is 121 Å². The number of aliphatic carboxylic acids is 1. The Morgan fingerprint density at radius 2 is 1.82 bits per heavy atom. The number of amides is 2. The van der Waals surface area contributed by atoms with Crippen LogP contribution in [0, 0.1) is 0 Å². The van der Waals surface area contributed by atoms with Crippen molar-refractivity contribution in [3.63, 3.8) is 0 Å². The molecule has 0 unspecified atom stereocenters. The van der Waals surface area contributed by atoms with Gasteiger partial charge in [0.1, 0.15) is 0 Å². The van der Waals surface area contributed by atoms with E-state index in [0.29, 0.717) is 0 Å². The van der Waals surface area contributed by atoms with Crippen LogP contribution in [0.4, 0.5) is 0 Å². The lowest BCUT2D eigenvalue weighted by Crippen LogP contribution is -2.53. The fourth-order valence-electron chi connectivity index (χ4n) is 1.34. The van der Waals surface area contributed by atoms with Crippen molar-refractivity contribution in [3.8, 4) is 0 Å². The summed E-state index contributed by atoms with van der Waals surface area (Å²) in [6.45, 7) is -0.803. The third-order valence-electron chi connectivity index (χ3n) is 2.11. The lowest BCUT2D eigenvalue weighted by Gasteiger charge is -2.24. The molecular weight excluding hydrogens is 252 g/mol. The highest BCUT2D eigenvalue weighted by Gasteiger charge is 2.31. The van der Waals surface area contributed by atoms with Crippen LogP contribution in [0.15, 0.2) is 0 Å². The second-order valence-electron chi connectivity index (χ2n) is 3.55. The molecule has 1 saturated heterocycles. The van der Waals surface area contributed by atoms with Crippen LogP contribution < -0.4 is 5.32 Å². The van der Waals surface area contributed by atoms with Gasteiger partial charge in [-0.1, -0.05) is 0 Å². The number of rotatable bonds is 5. The number of carbonyl (C=O) groups excluding carboxylic acids is 2. The van der Waals surface area contributed by atoms with Crippen LogP contribution in [-0.2, 0) is 24.4 Å². The summed E-state index contributed by atoms with van der Waals surface area (Å²) >= 11 is 0. The van der Waals surface area contributed by atoms with Crippen LogP contribution in [0.3, 0.4) is 0 Å². The molecule has 0 saturated carbocycles. The first-order valence-electron chi connectivity index (χ1n) is 4.83. The fraction of sp³-hybridized carbons (Fsp3) is 0.625. The molecule has 1 aliphatic rings. The lowest BCUT2D eigenvalue weighted by atomic mass is 10.3. The van der Waals surface area contributed by atoms with Crippen LogP contribution in [0.25, 0.3) is 0 Å². The molecule has 1 aliphatic heterocycles. The Bertz CT molecular complexity index is 427. The Hall–Kier alpha value is -1.48. The summed E-state index contributed by atoms with van der Waals surface area (Å²) in [7, 11) is -3.76. The van der Waals surface area contributed by atoms with Crippen LogP contribution in [-0.4, -0.2) is 54.5 Å². The zero-order valence-electron chi connectivity index (χ0n) is 8.88. The molecule has 2 N–H and O–H groups in total. The van der Waals surface area contributed by atoms with E-state index in [0.717, 1.165) is 4.31 Å². The van der Waals surface area contributed by atoms with Crippen LogP contribution in [0.1, 0.15) is 12.8 Å². The number of carbonyl (C=O) groups is 3. The average molecular weight is 264 g/mol. The summed E-state index contributed by atoms with van der Waals surface area (Å²) in [6, 6.07) is 0. The van der Waals surface area contributed by atoms with Crippen LogP contribution in [0.5, 0.6) is 0 Å². The van der Waals surface area contributed by atoms with Crippen molar-refractivity contribution >= 4 is 27.8 Å². The van der Waals surface area contributed by atoms with Crippen molar-refractivity contribution in [1.29, 1.82) is 0 Å². The van der Waals surface area contributed by atoms with E-state index in [4.69, 9.17) is 5.11 Å². The highest BCUT2D eigenvalue weighted by molar-refractivity contribution is 7.89. The average Bonchev–Trinajstić information content (AvgIpc) is 2.14. The van der Waals surface area contributed by atoms with Crippen LogP contribution in [0.2, 0.25) is 0 Å². The van der Waals surface area contributed by atoms with Gasteiger partial charge in [-0.25, -0.2) is 8.42 Å². The van der Waals surface area contributed by atoms with Gasteiger partial charge < -0.3 is 5.11 Å². The van der Waals surface area contributed by atoms with E-state index in [1.807, 2.05) is 5.32 Å². The monoisotopic (exact) mass is 264 g/mol. The molecule has 8 nitrogen and oxygen atoms in total. The number of hydrogen-bond acceptors (Lipinski definition) is 5. The van der Waals surface area contributed by atoms with Crippen molar-refractivity contribution in [2.75, 3.05) is 18.8 Å². The zero-order chi connectivity index (χ0) is 13.1. The molecule has 0 aromatic heterocycles. The molecule has 0 bridgehead atoms. The number of nitrogens with one attached hydrogen (secondary N) is 1. The van der Waals surface area contributed by atoms with Gasteiger partial charge in [-0.15, -0.1) is 0 Å². The molecular formula is C8H12N2O6S. The molecule has 96 valence electrons. The maximum absolute atomic E-state index is 11.7. The molecule has 2 amide bonds. The minimum absolute atomic E-state index is 0.0516. The molecule has 0 atom stereocenters. The third kappa shape index (κ3) is 4.11. The van der Waals surface area contributed by atoms with Crippen molar-refractivity contribution in [1.82, 2.24) is 9.62 Å². The molecule has 0 aromatic carbocycles. The molecule has 1 heterocycles. The van der Waals surface area contributed by atoms with Gasteiger partial charge in [0, 0.05) is 6.42 Å². The minimum Gasteiger partial charge on any atom is -0.481 e. The van der Waals surface area contributed by atoms with Crippen LogP contribution >= 0.6 is 0 Å². The predicted octanol–water partition coefficient (Wildman–Crippen LogP) is -1.86. The Balaban J connectivity index is 2.60. The lowest BCUT2D eigenvalue weighted by molar-refractivity contribution is -0.137. The SMILES string of the molecule is O=C(O)CCCS(=O)(=O)N1CC(=O)NC(=O)C1. The van der Waals surface area contributed by atoms with Crippen molar-refractivity contribution in [2.45, 2.75) is 12.8 Å². The van der Waals surface area contributed by atoms with Gasteiger partial charge in [-0.2, -0.15) is 4.31 Å². The number of imide groups is 1. The summed E-state index contributed by atoms with van der Waals surface area (Å²) < 4.78 is 24.1. The smallest absolute Gasteiger partial charge is 0.303 e. The highest BCUT2D eigenvalue weighted by atomic mass is 32.2. The van der Waals surface area contributed by atoms with E-state index < -0.39 is 40.9 Å². The highest BCUT2D eigenvalue weighted by Crippen LogP contribution is 2.07. The summed E-state index contributed by atoms with van der Waals surface area (Å²) in [4.78, 5) is 32.2. The number of carboxylic acid groups (broad SMARTS) is 1. The van der Waals surface area contributed by atoms with E-state index in [1.165, 1.54) is 0 Å². The number of carboxylic acids is 1. The molecule has 1 rings (SSSR count). The summed E-state index contributed by atoms with van der Waals surface area (Å²) in [5.41, 5.74) is 0. The Morgan fingerprint density at radius 1 is 1.29 bits per heavy atom. The van der Waals surface area contributed by atoms with Gasteiger partial charge in [-0.05, 0) is 6.42 Å². The third-order valence-corrected chi connectivity index (χ3v) is 3.95. The molecule has 9 heteroatoms. The first kappa shape index (κ1) is 13.6. The number of hydrogen-bond donors (Lipinski definition) is 2. The first-order chi connectivity index (χ1) is 7.81. The second kappa shape index (κ2) is 5.23. The van der Waals surface area contributed by atoms with Gasteiger partial charge in [0.05, 0.1) is 18.8 Å². The molecule has 0 aliphatic carbocycles. The Labute approximate surface area is 97.6 Å². The standard InChI is InChI=1S/C8H12N2O6S/c11-6-4-10(5-7(12)9-6)17(15,16)3-1-2-8(13)14/h1-5H2,(H,13,14)(H,9,11,12). The maximum Gasteiger partial charge on any atom is 0.303 e. The normalized spacial score (nSPS) is 17.9. The Kier molecular flexibility index (Phi) is 4.18. The second-order valence-corrected chi connectivity index (χ2v) is 5.64. The molecule has 0 aromatic rings. The maximum atomic E-state index is 11.7. The van der Waals surface area contributed by atoms with Crippen molar-refractivity contribution in [2.24, 2.45) is 0 Å². The molecule has 0 radical (unpaired) electrons. The molecule has 0 spiro atoms. The number of nitrogens with zero attached hydrogens (tertiary/aromatic N) is 1. The largest absolute Gasteiger partial charge is 0.481 e. The van der Waals surface area contributed by atoms with Gasteiger partial charge in [0.15, 0.2) is 0 Å². The molecule has 17 heavy (non-hydrogen) atoms. The van der Waals surface area contributed by atoms with E-state index in [-0.39, 0.29) is 18.6 Å². The quantitative estimate of drug-likeness (QED) is 0.562. The van der Waals surface area contributed by atoms with Gasteiger partial charge >= 0.3 is 5.97 Å². The Morgan fingerprint density at radius 3 is 2.29 bits per heavy atom. The fourth-order valence-corrected chi connectivity index (χ4v) is 2.74. The summed E-state index contributed by atoms with van der Waals surface area (Å²) in [5.74, 6) is -2.83. The summed E-state index contributed by atoms with van der Waals surface area (Å²) in [6.07, 6.45) is -0.322. The number of piperazine rings is 1. The van der Waals surface area contributed by atoms with E-state index >= 15 is 0 Å². The van der Waals surface area contributed by atoms with Gasteiger partial charge in [0.2, 0.25) is 21.8 Å². The minimum atomic E-state index is -3.76. The predicted molar refractivity (Wildman–Crippen MR) is 55.4 cm³/mol.